The number of nitrogens with two attached hydrogens (primary N) is 1. The van der Waals surface area contributed by atoms with E-state index in [-0.39, 0.29) is 47.1 Å². The highest BCUT2D eigenvalue weighted by Crippen LogP contribution is 2.44. The number of anilines is 1. The first-order chi connectivity index (χ1) is 23.7. The molecule has 1 aromatic heterocycles. The molecule has 1 amide bonds. The first kappa shape index (κ1) is 36.2. The van der Waals surface area contributed by atoms with E-state index in [1.165, 1.54) is 43.3 Å². The van der Waals surface area contributed by atoms with Gasteiger partial charge in [-0.15, -0.1) is 0 Å². The molecule has 1 fully saturated rings. The third-order valence-corrected chi connectivity index (χ3v) is 10.2. The number of amides is 1. The van der Waals surface area contributed by atoms with Gasteiger partial charge in [-0.3, -0.25) is 19.6 Å². The number of benzene rings is 3. The number of hydrazine groups is 1. The van der Waals surface area contributed by atoms with Gasteiger partial charge in [-0.1, -0.05) is 37.3 Å². The maximum Gasteiger partial charge on any atom is 0.491 e. The lowest BCUT2D eigenvalue weighted by Gasteiger charge is -2.36. The molecule has 11 nitrogen and oxygen atoms in total. The summed E-state index contributed by atoms with van der Waals surface area (Å²) in [7, 11) is -4.02. The maximum atomic E-state index is 14.9. The van der Waals surface area contributed by atoms with Crippen LogP contribution in [-0.2, 0) is 29.0 Å². The number of rotatable bonds is 10. The standard InChI is InChI=1S/C34H32F4N4O7S/c1-3-48-27-18-21(10-12-26(27)35)29(42(39)23-11-9-22-19-40-15-13-20(22)17-23)31(43)41-16-14-25(32(44)49-33(45)34(36,37)38)30(41)24-7-5-6-8-28(24)50(46,47)4-2/h5-13,15,17-19,25,29-30H,3-4,14,16,39H2,1-2H3/t25?,29-,30?/m0/s1. The van der Waals surface area contributed by atoms with E-state index in [2.05, 4.69) is 9.72 Å². The normalized spacial score (nSPS) is 17.0. The Morgan fingerprint density at radius 2 is 1.78 bits per heavy atom. The molecule has 0 saturated carbocycles. The Balaban J connectivity index is 1.66. The highest BCUT2D eigenvalue weighted by molar-refractivity contribution is 7.91. The van der Waals surface area contributed by atoms with Gasteiger partial charge in [0.15, 0.2) is 21.4 Å². The van der Waals surface area contributed by atoms with Crippen LogP contribution in [0.15, 0.2) is 84.0 Å². The van der Waals surface area contributed by atoms with Crippen LogP contribution in [0.3, 0.4) is 0 Å². The second kappa shape index (κ2) is 14.4. The average Bonchev–Trinajstić information content (AvgIpc) is 3.54. The van der Waals surface area contributed by atoms with Crippen molar-refractivity contribution < 1.29 is 49.8 Å². The van der Waals surface area contributed by atoms with Crippen LogP contribution in [0.2, 0.25) is 0 Å². The fourth-order valence-electron chi connectivity index (χ4n) is 5.98. The molecule has 1 aliphatic rings. The number of halogens is 4. The lowest BCUT2D eigenvalue weighted by molar-refractivity contribution is -0.203. The van der Waals surface area contributed by atoms with Gasteiger partial charge in [0, 0.05) is 24.3 Å². The summed E-state index contributed by atoms with van der Waals surface area (Å²) in [6.07, 6.45) is -2.61. The Labute approximate surface area is 284 Å². The van der Waals surface area contributed by atoms with E-state index in [1.807, 2.05) is 0 Å². The predicted molar refractivity (Wildman–Crippen MR) is 173 cm³/mol. The number of carbonyl (C=O) groups is 3. The molecule has 16 heteroatoms. The van der Waals surface area contributed by atoms with Crippen LogP contribution in [0.1, 0.15) is 43.5 Å². The van der Waals surface area contributed by atoms with Crippen LogP contribution in [-0.4, -0.2) is 61.2 Å². The maximum absolute atomic E-state index is 14.9. The number of sulfone groups is 1. The minimum Gasteiger partial charge on any atom is -0.491 e. The zero-order chi connectivity index (χ0) is 36.4. The third kappa shape index (κ3) is 7.26. The summed E-state index contributed by atoms with van der Waals surface area (Å²) in [5, 5.41) is 2.58. The summed E-state index contributed by atoms with van der Waals surface area (Å²) in [5.74, 6) is -1.37. The highest BCUT2D eigenvalue weighted by atomic mass is 32.2. The van der Waals surface area contributed by atoms with Crippen LogP contribution < -0.4 is 15.6 Å². The Morgan fingerprint density at radius 3 is 2.48 bits per heavy atom. The molecule has 2 unspecified atom stereocenters. The average molecular weight is 717 g/mol. The Kier molecular flexibility index (Phi) is 10.4. The highest BCUT2D eigenvalue weighted by Gasteiger charge is 2.50. The monoisotopic (exact) mass is 716 g/mol. The molecule has 0 bridgehead atoms. The molecular formula is C34H32F4N4O7S. The molecule has 264 valence electrons. The van der Waals surface area contributed by atoms with E-state index in [1.54, 1.807) is 43.6 Å². The number of hydrogen-bond acceptors (Lipinski definition) is 10. The number of alkyl halides is 3. The van der Waals surface area contributed by atoms with E-state index in [9.17, 15) is 40.4 Å². The van der Waals surface area contributed by atoms with Crippen molar-refractivity contribution in [3.05, 3.63) is 96.1 Å². The number of hydrogen-bond donors (Lipinski definition) is 1. The van der Waals surface area contributed by atoms with E-state index < -0.39 is 57.7 Å². The van der Waals surface area contributed by atoms with Crippen LogP contribution in [0.25, 0.3) is 10.8 Å². The summed E-state index contributed by atoms with van der Waals surface area (Å²) in [6, 6.07) is 12.8. The van der Waals surface area contributed by atoms with Crippen LogP contribution in [0, 0.1) is 11.7 Å². The molecule has 50 heavy (non-hydrogen) atoms. The molecule has 0 radical (unpaired) electrons. The van der Waals surface area contributed by atoms with Gasteiger partial charge < -0.3 is 14.4 Å². The Hall–Kier alpha value is -5.09. The van der Waals surface area contributed by atoms with Gasteiger partial charge in [0.2, 0.25) is 0 Å². The van der Waals surface area contributed by atoms with Crippen molar-refractivity contribution >= 4 is 44.1 Å². The minimum atomic E-state index is -5.50. The van der Waals surface area contributed by atoms with E-state index in [0.717, 1.165) is 21.4 Å². The number of nitrogens with zero attached hydrogens (tertiary/aromatic N) is 3. The van der Waals surface area contributed by atoms with Gasteiger partial charge in [0.1, 0.15) is 6.04 Å². The summed E-state index contributed by atoms with van der Waals surface area (Å²) in [4.78, 5) is 44.7. The van der Waals surface area contributed by atoms with Crippen molar-refractivity contribution in [3.8, 4) is 5.75 Å². The number of pyridine rings is 1. The molecule has 4 aromatic rings. The number of likely N-dealkylation sites (tertiary alicyclic amines) is 1. The SMILES string of the molecule is CCOc1cc([C@@H](C(=O)N2CCC(C(=O)OC(=O)C(F)(F)F)C2c2ccccc2S(=O)(=O)CC)N(N)c2ccc3cnccc3c2)ccc1F. The number of carbonyl (C=O) groups excluding carboxylic acids is 3. The second-order valence-corrected chi connectivity index (χ2v) is 13.6. The third-order valence-electron chi connectivity index (χ3n) is 8.37. The van der Waals surface area contributed by atoms with Gasteiger partial charge in [-0.05, 0) is 66.3 Å². The summed E-state index contributed by atoms with van der Waals surface area (Å²) in [5.41, 5.74) is 0.390. The van der Waals surface area contributed by atoms with E-state index in [4.69, 9.17) is 10.6 Å². The number of aromatic nitrogens is 1. The molecule has 2 heterocycles. The van der Waals surface area contributed by atoms with E-state index in [0.29, 0.717) is 11.1 Å². The van der Waals surface area contributed by atoms with E-state index >= 15 is 0 Å². The van der Waals surface area contributed by atoms with Crippen molar-refractivity contribution in [2.75, 3.05) is 23.9 Å². The molecule has 1 aliphatic heterocycles. The largest absolute Gasteiger partial charge is 0.491 e. The van der Waals surface area contributed by atoms with Gasteiger partial charge in [-0.2, -0.15) is 13.2 Å². The summed E-state index contributed by atoms with van der Waals surface area (Å²) < 4.78 is 90.2. The van der Waals surface area contributed by atoms with Gasteiger partial charge in [-0.25, -0.2) is 23.4 Å². The number of fused-ring (bicyclic) bond motifs is 1. The first-order valence-electron chi connectivity index (χ1n) is 15.4. The Bertz CT molecular complexity index is 2040. The summed E-state index contributed by atoms with van der Waals surface area (Å²) >= 11 is 0. The minimum absolute atomic E-state index is 0.0729. The quantitative estimate of drug-likeness (QED) is 0.0763. The zero-order valence-corrected chi connectivity index (χ0v) is 27.6. The molecule has 0 aliphatic carbocycles. The lowest BCUT2D eigenvalue weighted by atomic mass is 9.93. The van der Waals surface area contributed by atoms with Gasteiger partial charge >= 0.3 is 18.1 Å². The van der Waals surface area contributed by atoms with Gasteiger partial charge in [0.05, 0.1) is 34.9 Å². The smallest absolute Gasteiger partial charge is 0.491 e. The van der Waals surface area contributed by atoms with Crippen molar-refractivity contribution in [1.29, 1.82) is 0 Å². The fraction of sp³-hybridized carbons (Fsp3) is 0.294. The summed E-state index contributed by atoms with van der Waals surface area (Å²) in [6.45, 7) is 2.82. The Morgan fingerprint density at radius 1 is 1.04 bits per heavy atom. The van der Waals surface area contributed by atoms with Crippen molar-refractivity contribution in [2.24, 2.45) is 11.8 Å². The van der Waals surface area contributed by atoms with Crippen molar-refractivity contribution in [3.63, 3.8) is 0 Å². The predicted octanol–water partition coefficient (Wildman–Crippen LogP) is 5.21. The van der Waals surface area contributed by atoms with Crippen LogP contribution >= 0.6 is 0 Å². The van der Waals surface area contributed by atoms with Gasteiger partial charge in [0.25, 0.3) is 5.91 Å². The molecule has 5 rings (SSSR count). The van der Waals surface area contributed by atoms with Crippen LogP contribution in [0.5, 0.6) is 5.75 Å². The first-order valence-corrected chi connectivity index (χ1v) is 17.1. The molecule has 1 saturated heterocycles. The molecule has 0 spiro atoms. The topological polar surface area (TPSA) is 149 Å². The fourth-order valence-corrected chi connectivity index (χ4v) is 7.12. The van der Waals surface area contributed by atoms with Crippen molar-refractivity contribution in [2.45, 2.75) is 43.4 Å². The molecular weight excluding hydrogens is 684 g/mol. The van der Waals surface area contributed by atoms with Crippen LogP contribution in [0.4, 0.5) is 23.2 Å². The molecule has 2 N–H and O–H groups in total. The second-order valence-electron chi connectivity index (χ2n) is 11.4. The zero-order valence-electron chi connectivity index (χ0n) is 26.8. The molecule has 3 aromatic carbocycles. The number of ether oxygens (including phenoxy) is 2. The van der Waals surface area contributed by atoms with Crippen molar-refractivity contribution in [1.82, 2.24) is 9.88 Å². The molecule has 3 atom stereocenters. The lowest BCUT2D eigenvalue weighted by Crippen LogP contribution is -2.47. The number of esters is 2.